The molecule has 2 rings (SSSR count). The molecule has 1 aromatic rings. The second-order valence-electron chi connectivity index (χ2n) is 7.39. The highest BCUT2D eigenvalue weighted by Crippen LogP contribution is 2.26. The first-order chi connectivity index (χ1) is 12.5. The van der Waals surface area contributed by atoms with Gasteiger partial charge in [-0.15, -0.1) is 0 Å². The lowest BCUT2D eigenvalue weighted by molar-refractivity contribution is -0.122. The Bertz CT molecular complexity index is 597. The summed E-state index contributed by atoms with van der Waals surface area (Å²) in [5, 5.41) is 0. The fourth-order valence-corrected chi connectivity index (χ4v) is 3.90. The first-order valence-electron chi connectivity index (χ1n) is 9.88. The maximum absolute atomic E-state index is 12.9. The molecule has 1 aromatic carbocycles. The number of nitrogens with two attached hydrogens (primary N) is 1. The number of para-hydroxylation sites is 1. The normalized spacial score (nSPS) is 15.2. The van der Waals surface area contributed by atoms with Gasteiger partial charge in [-0.1, -0.05) is 50.3 Å². The summed E-state index contributed by atoms with van der Waals surface area (Å²) in [6.07, 6.45) is 7.51. The van der Waals surface area contributed by atoms with Crippen molar-refractivity contribution >= 4 is 17.5 Å². The van der Waals surface area contributed by atoms with Crippen LogP contribution in [-0.2, 0) is 9.59 Å². The van der Waals surface area contributed by atoms with Gasteiger partial charge in [0.2, 0.25) is 11.8 Å². The lowest BCUT2D eigenvalue weighted by atomic mass is 9.87. The van der Waals surface area contributed by atoms with Gasteiger partial charge in [-0.05, 0) is 44.4 Å². The Balaban J connectivity index is 1.99. The van der Waals surface area contributed by atoms with Crippen LogP contribution >= 0.6 is 0 Å². The Morgan fingerprint density at radius 1 is 1.12 bits per heavy atom. The number of carbonyl (C=O) groups is 2. The van der Waals surface area contributed by atoms with Gasteiger partial charge in [0.1, 0.15) is 0 Å². The van der Waals surface area contributed by atoms with E-state index in [4.69, 9.17) is 5.73 Å². The molecule has 0 unspecified atom stereocenters. The zero-order valence-corrected chi connectivity index (χ0v) is 16.2. The number of hydrogen-bond acceptors (Lipinski definition) is 3. The molecule has 1 aliphatic carbocycles. The minimum atomic E-state index is -0.375. The first kappa shape index (κ1) is 20.4. The van der Waals surface area contributed by atoms with Crippen molar-refractivity contribution in [3.8, 4) is 0 Å². The van der Waals surface area contributed by atoms with Crippen molar-refractivity contribution in [3.63, 3.8) is 0 Å². The van der Waals surface area contributed by atoms with Gasteiger partial charge in [0, 0.05) is 12.2 Å². The van der Waals surface area contributed by atoms with E-state index in [1.54, 1.807) is 4.90 Å². The van der Waals surface area contributed by atoms with Gasteiger partial charge in [-0.25, -0.2) is 0 Å². The second kappa shape index (κ2) is 10.3. The zero-order valence-electron chi connectivity index (χ0n) is 16.2. The van der Waals surface area contributed by atoms with Crippen LogP contribution in [-0.4, -0.2) is 42.9 Å². The van der Waals surface area contributed by atoms with Gasteiger partial charge >= 0.3 is 0 Å². The van der Waals surface area contributed by atoms with E-state index < -0.39 is 0 Å². The molecule has 0 atom stereocenters. The highest BCUT2D eigenvalue weighted by Gasteiger charge is 2.21. The van der Waals surface area contributed by atoms with Crippen LogP contribution in [0.4, 0.5) is 5.69 Å². The monoisotopic (exact) mass is 359 g/mol. The highest BCUT2D eigenvalue weighted by atomic mass is 16.2. The van der Waals surface area contributed by atoms with E-state index in [0.29, 0.717) is 12.5 Å². The largest absolute Gasteiger partial charge is 0.369 e. The van der Waals surface area contributed by atoms with Gasteiger partial charge in [0.15, 0.2) is 0 Å². The maximum Gasteiger partial charge on any atom is 0.241 e. The summed E-state index contributed by atoms with van der Waals surface area (Å²) in [7, 11) is 0. The molecule has 1 saturated carbocycles. The highest BCUT2D eigenvalue weighted by molar-refractivity contribution is 5.95. The molecule has 0 saturated heterocycles. The number of hydrogen-bond donors (Lipinski definition) is 1. The Labute approximate surface area is 157 Å². The van der Waals surface area contributed by atoms with Gasteiger partial charge in [-0.2, -0.15) is 0 Å². The van der Waals surface area contributed by atoms with Gasteiger partial charge in [0.05, 0.1) is 13.1 Å². The molecule has 0 aromatic heterocycles. The topological polar surface area (TPSA) is 66.6 Å². The van der Waals surface area contributed by atoms with Crippen molar-refractivity contribution in [1.82, 2.24) is 4.90 Å². The smallest absolute Gasteiger partial charge is 0.241 e. The van der Waals surface area contributed by atoms with Crippen molar-refractivity contribution in [1.29, 1.82) is 0 Å². The number of likely N-dealkylation sites (N-methyl/N-ethyl adjacent to an activating group) is 1. The Hall–Kier alpha value is -1.88. The molecule has 144 valence electrons. The molecule has 5 nitrogen and oxygen atoms in total. The van der Waals surface area contributed by atoms with E-state index in [0.717, 1.165) is 24.2 Å². The lowest BCUT2D eigenvalue weighted by Crippen LogP contribution is -2.44. The quantitative estimate of drug-likeness (QED) is 0.737. The van der Waals surface area contributed by atoms with Crippen LogP contribution in [0, 0.1) is 12.8 Å². The molecule has 0 aliphatic heterocycles. The molecule has 5 heteroatoms. The van der Waals surface area contributed by atoms with Crippen LogP contribution in [0.25, 0.3) is 0 Å². The maximum atomic E-state index is 12.9. The molecule has 2 amide bonds. The van der Waals surface area contributed by atoms with Crippen LogP contribution in [0.15, 0.2) is 24.3 Å². The summed E-state index contributed by atoms with van der Waals surface area (Å²) in [5.41, 5.74) is 7.43. The molecule has 0 bridgehead atoms. The number of rotatable bonds is 9. The van der Waals surface area contributed by atoms with Crippen LogP contribution in [0.3, 0.4) is 0 Å². The Morgan fingerprint density at radius 3 is 2.42 bits per heavy atom. The minimum Gasteiger partial charge on any atom is -0.369 e. The number of amides is 2. The van der Waals surface area contributed by atoms with E-state index >= 15 is 0 Å². The number of benzene rings is 1. The van der Waals surface area contributed by atoms with Crippen LogP contribution in [0.2, 0.25) is 0 Å². The van der Waals surface area contributed by atoms with E-state index in [-0.39, 0.29) is 24.9 Å². The Morgan fingerprint density at radius 2 is 1.81 bits per heavy atom. The number of nitrogens with zero attached hydrogens (tertiary/aromatic N) is 2. The number of carbonyl (C=O) groups excluding carboxylic acids is 2. The van der Waals surface area contributed by atoms with Crippen LogP contribution < -0.4 is 10.6 Å². The fraction of sp³-hybridized carbons (Fsp3) is 0.619. The van der Waals surface area contributed by atoms with Crippen molar-refractivity contribution in [2.75, 3.05) is 31.1 Å². The summed E-state index contributed by atoms with van der Waals surface area (Å²) in [6.45, 7) is 5.73. The molecule has 26 heavy (non-hydrogen) atoms. The first-order valence-corrected chi connectivity index (χ1v) is 9.88. The van der Waals surface area contributed by atoms with Gasteiger partial charge in [-0.3, -0.25) is 14.5 Å². The second-order valence-corrected chi connectivity index (χ2v) is 7.39. The molecule has 1 aliphatic rings. The van der Waals surface area contributed by atoms with Gasteiger partial charge in [0.25, 0.3) is 0 Å². The average molecular weight is 360 g/mol. The summed E-state index contributed by atoms with van der Waals surface area (Å²) in [6, 6.07) is 7.90. The number of aryl methyl sites for hydroxylation is 1. The number of anilines is 1. The molecule has 0 radical (unpaired) electrons. The Kier molecular flexibility index (Phi) is 8.10. The zero-order chi connectivity index (χ0) is 18.9. The molecule has 2 N–H and O–H groups in total. The summed E-state index contributed by atoms with van der Waals surface area (Å²) < 4.78 is 0. The summed E-state index contributed by atoms with van der Waals surface area (Å²) >= 11 is 0. The third-order valence-corrected chi connectivity index (χ3v) is 5.34. The standard InChI is InChI=1S/C21H33N3O2/c1-3-24(19-12-8-7-9-17(19)2)21(26)16-23(15-20(22)25)14-13-18-10-5-4-6-11-18/h7-9,12,18H,3-6,10-11,13-16H2,1-2H3,(H2,22,25). The van der Waals surface area contributed by atoms with E-state index in [1.807, 2.05) is 43.0 Å². The third-order valence-electron chi connectivity index (χ3n) is 5.34. The van der Waals surface area contributed by atoms with Crippen molar-refractivity contribution in [3.05, 3.63) is 29.8 Å². The van der Waals surface area contributed by atoms with Crippen LogP contribution in [0.5, 0.6) is 0 Å². The van der Waals surface area contributed by atoms with Crippen LogP contribution in [0.1, 0.15) is 51.0 Å². The molecular weight excluding hydrogens is 326 g/mol. The van der Waals surface area contributed by atoms with E-state index in [9.17, 15) is 9.59 Å². The van der Waals surface area contributed by atoms with E-state index in [2.05, 4.69) is 0 Å². The molecule has 0 heterocycles. The molecular formula is C21H33N3O2. The van der Waals surface area contributed by atoms with Crippen molar-refractivity contribution < 1.29 is 9.59 Å². The summed E-state index contributed by atoms with van der Waals surface area (Å²) in [5.74, 6) is 0.361. The minimum absolute atomic E-state index is 0.0201. The average Bonchev–Trinajstić information content (AvgIpc) is 2.62. The predicted molar refractivity (Wildman–Crippen MR) is 106 cm³/mol. The molecule has 1 fully saturated rings. The SMILES string of the molecule is CCN(C(=O)CN(CCC1CCCCC1)CC(N)=O)c1ccccc1C. The van der Waals surface area contributed by atoms with Crippen molar-refractivity contribution in [2.24, 2.45) is 11.7 Å². The fourth-order valence-electron chi connectivity index (χ4n) is 3.90. The van der Waals surface area contributed by atoms with Crippen molar-refractivity contribution in [2.45, 2.75) is 52.4 Å². The third kappa shape index (κ3) is 6.13. The lowest BCUT2D eigenvalue weighted by Gasteiger charge is -2.29. The number of primary amides is 1. The predicted octanol–water partition coefficient (Wildman–Crippen LogP) is 3.11. The van der Waals surface area contributed by atoms with Gasteiger partial charge < -0.3 is 10.6 Å². The van der Waals surface area contributed by atoms with E-state index in [1.165, 1.54) is 32.1 Å². The summed E-state index contributed by atoms with van der Waals surface area (Å²) in [4.78, 5) is 28.1. The molecule has 0 spiro atoms.